The first-order chi connectivity index (χ1) is 37.3. The molecular weight excluding hydrogens is 969 g/mol. The molecule has 0 spiro atoms. The van der Waals surface area contributed by atoms with Crippen molar-refractivity contribution >= 4 is 46.3 Å². The number of fused-ring (bicyclic) bond motifs is 36. The first-order valence-corrected chi connectivity index (χ1v) is 32.0. The van der Waals surface area contributed by atoms with E-state index >= 15 is 0 Å². The number of allylic oxidation sites excluding steroid dienone is 8. The van der Waals surface area contributed by atoms with Crippen LogP contribution in [0.5, 0.6) is 0 Å². The zero-order chi connectivity index (χ0) is 54.7. The Bertz CT molecular complexity index is 2570. The van der Waals surface area contributed by atoms with Gasteiger partial charge < -0.3 is 24.0 Å². The number of Topliss-reactive ketones (excluding diaryl/α,β-unsaturated/α-hetero) is 8. The van der Waals surface area contributed by atoms with Crippen molar-refractivity contribution in [3.05, 3.63) is 48.6 Å². The zero-order valence-electron chi connectivity index (χ0n) is 48.3. The largest absolute Gasteiger partial charge is 0.300 e. The van der Waals surface area contributed by atoms with Gasteiger partial charge in [-0.2, -0.15) is 0 Å². The highest BCUT2D eigenvalue weighted by atomic mass is 16.2. The van der Waals surface area contributed by atoms with Crippen LogP contribution in [0.4, 0.5) is 0 Å². The molecule has 8 heteroatoms. The molecular formula is C70H92O8. The molecule has 32 atom stereocenters. The van der Waals surface area contributed by atoms with E-state index in [9.17, 15) is 38.4 Å². The zero-order valence-corrected chi connectivity index (χ0v) is 48.3. The number of ketones is 8. The normalized spacial score (nSPS) is 51.7. The fourth-order valence-electron chi connectivity index (χ4n) is 25.8. The molecule has 0 heterocycles. The highest BCUT2D eigenvalue weighted by Crippen LogP contribution is 2.73. The van der Waals surface area contributed by atoms with Crippen LogP contribution in [-0.4, -0.2) is 46.3 Å². The van der Waals surface area contributed by atoms with Gasteiger partial charge in [0.05, 0.1) is 0 Å². The second-order valence-corrected chi connectivity index (χ2v) is 30.3. The van der Waals surface area contributed by atoms with Gasteiger partial charge in [-0.15, -0.1) is 0 Å². The molecule has 0 amide bonds. The van der Waals surface area contributed by atoms with Gasteiger partial charge in [-0.1, -0.05) is 48.6 Å². The molecule has 16 rings (SSSR count). The number of carbonyl (C=O) groups excluding carboxylic acids is 8. The van der Waals surface area contributed by atoms with Crippen molar-refractivity contribution in [1.82, 2.24) is 0 Å². The summed E-state index contributed by atoms with van der Waals surface area (Å²) in [6, 6.07) is 0. The molecule has 0 aromatic carbocycles. The Kier molecular flexibility index (Phi) is 13.8. The highest BCUT2D eigenvalue weighted by Gasteiger charge is 2.69. The Morgan fingerprint density at radius 1 is 0.269 bits per heavy atom. The minimum absolute atomic E-state index is 0.0431. The molecule has 78 heavy (non-hydrogen) atoms. The van der Waals surface area contributed by atoms with Crippen molar-refractivity contribution in [1.29, 1.82) is 0 Å². The third-order valence-electron chi connectivity index (χ3n) is 26.9. The molecule has 8 nitrogen and oxygen atoms in total. The average molecular weight is 1060 g/mol. The molecule has 0 aromatic heterocycles. The first kappa shape index (κ1) is 53.6. The molecule has 32 unspecified atom stereocenters. The van der Waals surface area contributed by atoms with Crippen molar-refractivity contribution < 1.29 is 38.4 Å². The van der Waals surface area contributed by atoms with Gasteiger partial charge in [0.1, 0.15) is 46.3 Å². The predicted octanol–water partition coefficient (Wildman–Crippen LogP) is 12.3. The molecule has 12 saturated carbocycles. The van der Waals surface area contributed by atoms with Crippen LogP contribution in [0.2, 0.25) is 0 Å². The lowest BCUT2D eigenvalue weighted by Crippen LogP contribution is -2.42. The van der Waals surface area contributed by atoms with Gasteiger partial charge in [-0.25, -0.2) is 0 Å². The first-order valence-electron chi connectivity index (χ1n) is 32.0. The van der Waals surface area contributed by atoms with Crippen LogP contribution < -0.4 is 0 Å². The van der Waals surface area contributed by atoms with E-state index < -0.39 is 0 Å². The summed E-state index contributed by atoms with van der Waals surface area (Å²) in [6.45, 7) is 13.7. The lowest BCUT2D eigenvalue weighted by molar-refractivity contribution is -0.134. The fourth-order valence-corrected chi connectivity index (χ4v) is 25.8. The van der Waals surface area contributed by atoms with Crippen LogP contribution in [0.15, 0.2) is 48.6 Å². The average Bonchev–Trinajstić information content (AvgIpc) is 3.62. The monoisotopic (exact) mass is 1060 g/mol. The third kappa shape index (κ3) is 8.40. The predicted molar refractivity (Wildman–Crippen MR) is 298 cm³/mol. The van der Waals surface area contributed by atoms with Gasteiger partial charge in [-0.3, -0.25) is 14.4 Å². The molecule has 0 N–H and O–H groups in total. The minimum atomic E-state index is 0.0431. The van der Waals surface area contributed by atoms with Crippen LogP contribution in [0.3, 0.4) is 0 Å². The van der Waals surface area contributed by atoms with Crippen LogP contribution >= 0.6 is 0 Å². The lowest BCUT2D eigenvalue weighted by Gasteiger charge is -2.42. The van der Waals surface area contributed by atoms with E-state index in [1.165, 1.54) is 44.9 Å². The Labute approximate surface area is 465 Å². The Hall–Kier alpha value is -3.68. The molecule has 16 aliphatic carbocycles. The van der Waals surface area contributed by atoms with Gasteiger partial charge in [0.25, 0.3) is 0 Å². The summed E-state index contributed by atoms with van der Waals surface area (Å²) in [4.78, 5) is 94.1. The molecule has 12 fully saturated rings. The minimum Gasteiger partial charge on any atom is -0.300 e. The number of hydrogen-bond acceptors (Lipinski definition) is 8. The Morgan fingerprint density at radius 3 is 0.795 bits per heavy atom. The van der Waals surface area contributed by atoms with Crippen molar-refractivity contribution in [3.8, 4) is 0 Å². The van der Waals surface area contributed by atoms with Crippen LogP contribution in [-0.2, 0) is 38.4 Å². The van der Waals surface area contributed by atoms with E-state index in [-0.39, 0.29) is 35.1 Å². The molecule has 0 aliphatic heterocycles. The number of hydrogen-bond donors (Lipinski definition) is 0. The molecule has 0 aromatic rings. The summed E-state index contributed by atoms with van der Waals surface area (Å²) in [6.07, 6.45) is 34.3. The summed E-state index contributed by atoms with van der Waals surface area (Å²) < 4.78 is 0. The van der Waals surface area contributed by atoms with E-state index in [1.54, 1.807) is 55.4 Å². The molecule has 420 valence electrons. The summed E-state index contributed by atoms with van der Waals surface area (Å²) in [5, 5.41) is 0. The molecule has 16 aliphatic rings. The van der Waals surface area contributed by atoms with Gasteiger partial charge in [0.2, 0.25) is 0 Å². The number of rotatable bonds is 14. The quantitative estimate of drug-likeness (QED) is 0.124. The van der Waals surface area contributed by atoms with Gasteiger partial charge in [0.15, 0.2) is 0 Å². The van der Waals surface area contributed by atoms with Crippen molar-refractivity contribution in [2.75, 3.05) is 0 Å². The topological polar surface area (TPSA) is 137 Å². The summed E-state index contributed by atoms with van der Waals surface area (Å²) in [5.74, 6) is 23.0. The molecule has 16 bridgehead atoms. The van der Waals surface area contributed by atoms with E-state index in [0.29, 0.717) is 120 Å². The summed E-state index contributed by atoms with van der Waals surface area (Å²) in [5.41, 5.74) is 0. The van der Waals surface area contributed by atoms with Gasteiger partial charge in [-0.05, 0) is 285 Å². The van der Waals surface area contributed by atoms with E-state index in [0.717, 1.165) is 126 Å². The third-order valence-corrected chi connectivity index (χ3v) is 26.9. The van der Waals surface area contributed by atoms with Crippen molar-refractivity contribution in [2.45, 2.75) is 145 Å². The van der Waals surface area contributed by atoms with E-state index in [1.807, 2.05) is 0 Å². The van der Waals surface area contributed by atoms with Gasteiger partial charge >= 0.3 is 0 Å². The van der Waals surface area contributed by atoms with Crippen molar-refractivity contribution in [2.24, 2.45) is 189 Å². The maximum absolute atomic E-state index is 12.1. The van der Waals surface area contributed by atoms with Crippen molar-refractivity contribution in [3.63, 3.8) is 0 Å². The Morgan fingerprint density at radius 2 is 0.500 bits per heavy atom. The summed E-state index contributed by atoms with van der Waals surface area (Å²) in [7, 11) is 0. The van der Waals surface area contributed by atoms with Crippen LogP contribution in [0.25, 0.3) is 0 Å². The fraction of sp³-hybridized carbons (Fsp3) is 0.771. The van der Waals surface area contributed by atoms with Crippen LogP contribution in [0.1, 0.15) is 145 Å². The summed E-state index contributed by atoms with van der Waals surface area (Å²) >= 11 is 0. The van der Waals surface area contributed by atoms with E-state index in [2.05, 4.69) is 48.6 Å². The van der Waals surface area contributed by atoms with Gasteiger partial charge in [0, 0.05) is 49.9 Å². The number of carbonyl (C=O) groups is 8. The SMILES string of the molecule is CC(=O)C1C2CC(C1C(C)=O)C1C3C=CC(C3)C21.CC(=O)CC1C(CC(C)=O)C2CC1C1C3C=CC(C3)C21.CC(=O)CC1C2CC(C1C(C)=O)C1C3C=CC(C3)C21.CC(=O)CCC1C(CC(C)=O)C2CC1C1C3C=CC(C3)C21. The second kappa shape index (κ2) is 20.0. The Balaban J connectivity index is 0.0000000990. The smallest absolute Gasteiger partial charge is 0.133 e. The maximum atomic E-state index is 12.1. The molecule has 0 radical (unpaired) electrons. The van der Waals surface area contributed by atoms with Crippen LogP contribution in [0, 0.1) is 189 Å². The second-order valence-electron chi connectivity index (χ2n) is 30.3. The lowest BCUT2D eigenvalue weighted by atomic mass is 9.63. The standard InChI is InChI=1S/C19H26O2.C18H24O2.C17H22O2.C16H20O2/c1-10(20)3-6-14-15(7-11(2)21)17-9-16(14)18-12-4-5-13(8-12)19(17)18;1-9(19)5-13-14(6-10(2)20)16-8-15(13)17-11-3-4-12(7-11)18(16)17;1-8(18)5-12-13-7-14(15(12)9(2)19)17-11-4-3-10(6-11)16(13)17;1-7(17)13-11-6-12(14(13)8(2)18)16-10-4-3-9(5-10)15(11)16/h4-5,12-19H,3,6-9H2,1-2H3;3-4,11-18H,5-8H2,1-2H3;3-4,10-17H,5-7H2,1-2H3;3-4,9-16H,5-6H2,1-2H3. The van der Waals surface area contributed by atoms with E-state index in [4.69, 9.17) is 0 Å². The highest BCUT2D eigenvalue weighted by molar-refractivity contribution is 5.89. The maximum Gasteiger partial charge on any atom is 0.133 e. The molecule has 0 saturated heterocycles.